The number of benzene rings is 1. The number of fused-ring (bicyclic) bond motifs is 1. The van der Waals surface area contributed by atoms with Crippen LogP contribution in [0.1, 0.15) is 18.4 Å². The Hall–Kier alpha value is -0.860. The molecule has 2 aliphatic rings. The van der Waals surface area contributed by atoms with Crippen molar-refractivity contribution in [3.05, 3.63) is 35.9 Å². The monoisotopic (exact) mass is 203 g/mol. The van der Waals surface area contributed by atoms with Crippen LogP contribution in [-0.2, 0) is 6.54 Å². The molecule has 2 fully saturated rings. The summed E-state index contributed by atoms with van der Waals surface area (Å²) in [5.41, 5.74) is 1.11. The maximum Gasteiger partial charge on any atom is 0.0705 e. The lowest BCUT2D eigenvalue weighted by molar-refractivity contribution is 0.0618. The highest BCUT2D eigenvalue weighted by molar-refractivity contribution is 5.15. The standard InChI is InChI=1S/C13H17NO/c15-13-6-7-14(10-12(13)8-13)9-11-4-2-1-3-5-11/h1-5,12,15H,6-10H2/t12-,13-/m1/s1. The third-order valence-electron chi connectivity index (χ3n) is 3.79. The van der Waals surface area contributed by atoms with Crippen molar-refractivity contribution in [3.8, 4) is 0 Å². The lowest BCUT2D eigenvalue weighted by Crippen LogP contribution is -2.36. The molecule has 1 aliphatic heterocycles. The quantitative estimate of drug-likeness (QED) is 0.790. The summed E-state index contributed by atoms with van der Waals surface area (Å²) in [7, 11) is 0. The zero-order valence-electron chi connectivity index (χ0n) is 8.89. The summed E-state index contributed by atoms with van der Waals surface area (Å²) in [6.07, 6.45) is 1.99. The number of aliphatic hydroxyl groups is 1. The number of piperidine rings is 1. The minimum absolute atomic E-state index is 0.271. The third-order valence-corrected chi connectivity index (χ3v) is 3.79. The molecule has 2 heteroatoms. The molecule has 1 aromatic carbocycles. The maximum absolute atomic E-state index is 9.91. The molecule has 1 aliphatic carbocycles. The topological polar surface area (TPSA) is 23.5 Å². The highest BCUT2D eigenvalue weighted by Crippen LogP contribution is 2.49. The van der Waals surface area contributed by atoms with E-state index in [2.05, 4.69) is 35.2 Å². The van der Waals surface area contributed by atoms with Crippen LogP contribution in [0.25, 0.3) is 0 Å². The molecule has 0 radical (unpaired) electrons. The van der Waals surface area contributed by atoms with Crippen molar-refractivity contribution in [2.45, 2.75) is 25.0 Å². The summed E-state index contributed by atoms with van der Waals surface area (Å²) < 4.78 is 0. The van der Waals surface area contributed by atoms with Crippen LogP contribution in [0.2, 0.25) is 0 Å². The summed E-state index contributed by atoms with van der Waals surface area (Å²) >= 11 is 0. The van der Waals surface area contributed by atoms with E-state index in [9.17, 15) is 5.11 Å². The predicted molar refractivity (Wildman–Crippen MR) is 59.4 cm³/mol. The van der Waals surface area contributed by atoms with Gasteiger partial charge in [0.05, 0.1) is 5.60 Å². The van der Waals surface area contributed by atoms with Crippen LogP contribution in [0.5, 0.6) is 0 Å². The Kier molecular flexibility index (Phi) is 2.08. The Morgan fingerprint density at radius 2 is 2.13 bits per heavy atom. The van der Waals surface area contributed by atoms with E-state index in [1.165, 1.54) is 5.56 Å². The molecule has 1 saturated heterocycles. The number of rotatable bonds is 2. The van der Waals surface area contributed by atoms with Crippen molar-refractivity contribution in [2.24, 2.45) is 5.92 Å². The molecule has 1 heterocycles. The van der Waals surface area contributed by atoms with Crippen molar-refractivity contribution in [1.29, 1.82) is 0 Å². The summed E-state index contributed by atoms with van der Waals surface area (Å²) in [6.45, 7) is 3.15. The summed E-state index contributed by atoms with van der Waals surface area (Å²) in [5, 5.41) is 9.91. The van der Waals surface area contributed by atoms with Gasteiger partial charge in [-0.15, -0.1) is 0 Å². The molecule has 2 nitrogen and oxygen atoms in total. The number of likely N-dealkylation sites (tertiary alicyclic amines) is 1. The van der Waals surface area contributed by atoms with E-state index in [1.807, 2.05) is 0 Å². The molecule has 0 bridgehead atoms. The predicted octanol–water partition coefficient (Wildman–Crippen LogP) is 1.64. The molecule has 2 atom stereocenters. The first-order chi connectivity index (χ1) is 7.26. The van der Waals surface area contributed by atoms with Crippen molar-refractivity contribution < 1.29 is 5.11 Å². The van der Waals surface area contributed by atoms with E-state index in [-0.39, 0.29) is 5.60 Å². The van der Waals surface area contributed by atoms with E-state index in [0.29, 0.717) is 5.92 Å². The molecule has 15 heavy (non-hydrogen) atoms. The highest BCUT2D eigenvalue weighted by Gasteiger charge is 2.55. The number of hydrogen-bond acceptors (Lipinski definition) is 2. The first-order valence-electron chi connectivity index (χ1n) is 5.75. The van der Waals surface area contributed by atoms with Crippen molar-refractivity contribution in [1.82, 2.24) is 4.90 Å². The third kappa shape index (κ3) is 1.80. The van der Waals surface area contributed by atoms with Gasteiger partial charge < -0.3 is 5.11 Å². The minimum atomic E-state index is -0.271. The van der Waals surface area contributed by atoms with Crippen LogP contribution in [0.3, 0.4) is 0 Å². The fraction of sp³-hybridized carbons (Fsp3) is 0.538. The number of hydrogen-bond donors (Lipinski definition) is 1. The summed E-state index contributed by atoms with van der Waals surface area (Å²) in [4.78, 5) is 2.46. The minimum Gasteiger partial charge on any atom is -0.389 e. The molecule has 0 amide bonds. The SMILES string of the molecule is O[C@@]12CCN(Cc3ccccc3)C[C@H]1C2. The highest BCUT2D eigenvalue weighted by atomic mass is 16.3. The van der Waals surface area contributed by atoms with E-state index in [1.54, 1.807) is 0 Å². The van der Waals surface area contributed by atoms with E-state index >= 15 is 0 Å². The molecule has 0 unspecified atom stereocenters. The molecule has 0 spiro atoms. The largest absolute Gasteiger partial charge is 0.389 e. The van der Waals surface area contributed by atoms with E-state index < -0.39 is 0 Å². The fourth-order valence-corrected chi connectivity index (χ4v) is 2.65. The molecular weight excluding hydrogens is 186 g/mol. The Labute approximate surface area is 90.5 Å². The number of nitrogens with zero attached hydrogens (tertiary/aromatic N) is 1. The van der Waals surface area contributed by atoms with Crippen LogP contribution >= 0.6 is 0 Å². The zero-order valence-corrected chi connectivity index (χ0v) is 8.89. The fourth-order valence-electron chi connectivity index (χ4n) is 2.65. The van der Waals surface area contributed by atoms with Crippen molar-refractivity contribution in [3.63, 3.8) is 0 Å². The van der Waals surface area contributed by atoms with Gasteiger partial charge in [-0.1, -0.05) is 30.3 Å². The molecular formula is C13H17NO. The van der Waals surface area contributed by atoms with Crippen molar-refractivity contribution >= 4 is 0 Å². The molecule has 1 N–H and O–H groups in total. The molecule has 0 aromatic heterocycles. The normalized spacial score (nSPS) is 34.9. The second kappa shape index (κ2) is 3.32. The Morgan fingerprint density at radius 3 is 2.87 bits per heavy atom. The van der Waals surface area contributed by atoms with Gasteiger partial charge in [0, 0.05) is 25.6 Å². The molecule has 80 valence electrons. The average molecular weight is 203 g/mol. The van der Waals surface area contributed by atoms with Gasteiger partial charge in [0.15, 0.2) is 0 Å². The lowest BCUT2D eigenvalue weighted by atomic mass is 10.1. The van der Waals surface area contributed by atoms with Gasteiger partial charge in [0.1, 0.15) is 0 Å². The van der Waals surface area contributed by atoms with Crippen molar-refractivity contribution in [2.75, 3.05) is 13.1 Å². The maximum atomic E-state index is 9.91. The van der Waals surface area contributed by atoms with Gasteiger partial charge >= 0.3 is 0 Å². The Bertz CT molecular complexity index is 351. The first-order valence-corrected chi connectivity index (χ1v) is 5.75. The van der Waals surface area contributed by atoms with Gasteiger partial charge in [0.25, 0.3) is 0 Å². The van der Waals surface area contributed by atoms with Crippen LogP contribution in [0.4, 0.5) is 0 Å². The van der Waals surface area contributed by atoms with Gasteiger partial charge in [-0.05, 0) is 18.4 Å². The second-order valence-corrected chi connectivity index (χ2v) is 4.98. The molecule has 1 aromatic rings. The Morgan fingerprint density at radius 1 is 1.33 bits per heavy atom. The van der Waals surface area contributed by atoms with E-state index in [4.69, 9.17) is 0 Å². The molecule has 3 rings (SSSR count). The van der Waals surface area contributed by atoms with Gasteiger partial charge in [-0.3, -0.25) is 4.90 Å². The van der Waals surface area contributed by atoms with Crippen LogP contribution in [0.15, 0.2) is 30.3 Å². The van der Waals surface area contributed by atoms with Gasteiger partial charge in [-0.2, -0.15) is 0 Å². The second-order valence-electron chi connectivity index (χ2n) is 4.98. The van der Waals surface area contributed by atoms with E-state index in [0.717, 1.165) is 32.5 Å². The molecule has 1 saturated carbocycles. The first kappa shape index (κ1) is 9.37. The van der Waals surface area contributed by atoms with Crippen LogP contribution in [0, 0.1) is 5.92 Å². The smallest absolute Gasteiger partial charge is 0.0705 e. The van der Waals surface area contributed by atoms with Crippen LogP contribution < -0.4 is 0 Å². The Balaban J connectivity index is 1.61. The van der Waals surface area contributed by atoms with Crippen LogP contribution in [-0.4, -0.2) is 28.7 Å². The summed E-state index contributed by atoms with van der Waals surface area (Å²) in [5.74, 6) is 0.551. The van der Waals surface area contributed by atoms with Gasteiger partial charge in [0.2, 0.25) is 0 Å². The zero-order chi connectivity index (χ0) is 10.3. The summed E-state index contributed by atoms with van der Waals surface area (Å²) in [6, 6.07) is 10.6. The van der Waals surface area contributed by atoms with Gasteiger partial charge in [-0.25, -0.2) is 0 Å². The lowest BCUT2D eigenvalue weighted by Gasteiger charge is -2.29. The average Bonchev–Trinajstić information content (AvgIpc) is 2.91.